The molecule has 4 rings (SSSR count). The van der Waals surface area contributed by atoms with E-state index in [0.29, 0.717) is 11.7 Å². The molecule has 1 amide bonds. The molecule has 0 bridgehead atoms. The minimum absolute atomic E-state index is 0.0863. The number of carbonyl (C=O) groups excluding carboxylic acids is 1. The number of hydrogen-bond donors (Lipinski definition) is 1. The minimum Gasteiger partial charge on any atom is -0.481 e. The normalized spacial score (nSPS) is 14.5. The Morgan fingerprint density at radius 1 is 1.12 bits per heavy atom. The summed E-state index contributed by atoms with van der Waals surface area (Å²) in [7, 11) is 0. The molecule has 1 heterocycles. The van der Waals surface area contributed by atoms with Gasteiger partial charge in [0.05, 0.1) is 6.54 Å². The summed E-state index contributed by atoms with van der Waals surface area (Å²) in [6, 6.07) is 14.2. The Morgan fingerprint density at radius 3 is 2.62 bits per heavy atom. The second kappa shape index (κ2) is 9.15. The molecule has 168 valence electrons. The largest absolute Gasteiger partial charge is 0.481 e. The van der Waals surface area contributed by atoms with Gasteiger partial charge >= 0.3 is 0 Å². The van der Waals surface area contributed by atoms with Crippen LogP contribution in [0.25, 0.3) is 11.4 Å². The summed E-state index contributed by atoms with van der Waals surface area (Å²) < 4.78 is 11.3. The monoisotopic (exact) mass is 433 g/mol. The van der Waals surface area contributed by atoms with Crippen LogP contribution >= 0.6 is 0 Å². The Balaban J connectivity index is 1.34. The number of aromatic nitrogens is 2. The van der Waals surface area contributed by atoms with Gasteiger partial charge in [0.2, 0.25) is 11.7 Å². The fraction of sp³-hybridized carbons (Fsp3) is 0.423. The molecule has 1 atom stereocenters. The molecule has 1 N–H and O–H groups in total. The molecule has 0 unspecified atom stereocenters. The number of benzene rings is 2. The maximum absolute atomic E-state index is 12.6. The highest BCUT2D eigenvalue weighted by molar-refractivity contribution is 5.80. The standard InChI is InChI=1S/C26H31N3O3/c1-17(31-22-11-7-9-18-8-5-6-10-21(18)22)25(30)27-16-23-28-24(29-32-23)19-12-14-20(15-13-19)26(2,3)4/h7,9,11-15,17H,5-6,8,10,16H2,1-4H3,(H,27,30)/t17-/m0/s1. The van der Waals surface area contributed by atoms with Crippen LogP contribution in [0.5, 0.6) is 5.75 Å². The van der Waals surface area contributed by atoms with Crippen LogP contribution in [-0.2, 0) is 29.6 Å². The van der Waals surface area contributed by atoms with E-state index in [1.165, 1.54) is 23.1 Å². The van der Waals surface area contributed by atoms with Crippen molar-refractivity contribution in [3.8, 4) is 17.1 Å². The summed E-state index contributed by atoms with van der Waals surface area (Å²) in [6.07, 6.45) is 3.83. The molecule has 0 radical (unpaired) electrons. The van der Waals surface area contributed by atoms with Gasteiger partial charge in [0.1, 0.15) is 5.75 Å². The van der Waals surface area contributed by atoms with Crippen LogP contribution in [0.3, 0.4) is 0 Å². The van der Waals surface area contributed by atoms with Crippen LogP contribution in [0.1, 0.15) is 63.1 Å². The molecule has 1 aliphatic rings. The molecule has 1 aromatic heterocycles. The van der Waals surface area contributed by atoms with E-state index in [1.54, 1.807) is 6.92 Å². The van der Waals surface area contributed by atoms with E-state index in [0.717, 1.165) is 30.6 Å². The topological polar surface area (TPSA) is 77.2 Å². The van der Waals surface area contributed by atoms with Gasteiger partial charge in [-0.15, -0.1) is 0 Å². The SMILES string of the molecule is C[C@H](Oc1cccc2c1CCCC2)C(=O)NCc1nc(-c2ccc(C(C)(C)C)cc2)no1. The first kappa shape index (κ1) is 22.1. The van der Waals surface area contributed by atoms with Gasteiger partial charge < -0.3 is 14.6 Å². The molecule has 32 heavy (non-hydrogen) atoms. The summed E-state index contributed by atoms with van der Waals surface area (Å²) in [5.74, 6) is 1.46. The van der Waals surface area contributed by atoms with Crippen molar-refractivity contribution < 1.29 is 14.1 Å². The predicted molar refractivity (Wildman–Crippen MR) is 123 cm³/mol. The van der Waals surface area contributed by atoms with Crippen molar-refractivity contribution in [2.24, 2.45) is 0 Å². The Labute approximate surface area is 189 Å². The number of amides is 1. The van der Waals surface area contributed by atoms with Crippen molar-refractivity contribution in [2.45, 2.75) is 71.4 Å². The zero-order valence-corrected chi connectivity index (χ0v) is 19.3. The summed E-state index contributed by atoms with van der Waals surface area (Å²) >= 11 is 0. The highest BCUT2D eigenvalue weighted by Gasteiger charge is 2.20. The van der Waals surface area contributed by atoms with Gasteiger partial charge in [0.25, 0.3) is 5.91 Å². The third kappa shape index (κ3) is 5.01. The number of carbonyl (C=O) groups is 1. The van der Waals surface area contributed by atoms with Gasteiger partial charge in [-0.05, 0) is 60.8 Å². The predicted octanol–water partition coefficient (Wildman–Crippen LogP) is 5.00. The summed E-state index contributed by atoms with van der Waals surface area (Å²) in [6.45, 7) is 8.44. The lowest BCUT2D eigenvalue weighted by Crippen LogP contribution is -2.36. The molecular formula is C26H31N3O3. The number of rotatable bonds is 6. The number of ether oxygens (including phenoxy) is 1. The highest BCUT2D eigenvalue weighted by atomic mass is 16.5. The molecule has 6 heteroatoms. The lowest BCUT2D eigenvalue weighted by molar-refractivity contribution is -0.127. The van der Waals surface area contributed by atoms with Crippen molar-refractivity contribution in [3.05, 3.63) is 65.0 Å². The van der Waals surface area contributed by atoms with Crippen molar-refractivity contribution in [3.63, 3.8) is 0 Å². The Morgan fingerprint density at radius 2 is 1.88 bits per heavy atom. The van der Waals surface area contributed by atoms with E-state index in [1.807, 2.05) is 24.3 Å². The van der Waals surface area contributed by atoms with E-state index >= 15 is 0 Å². The van der Waals surface area contributed by atoms with Crippen molar-refractivity contribution >= 4 is 5.91 Å². The third-order valence-corrected chi connectivity index (χ3v) is 5.92. The molecule has 6 nitrogen and oxygen atoms in total. The molecule has 3 aromatic rings. The van der Waals surface area contributed by atoms with Gasteiger partial charge in [-0.3, -0.25) is 4.79 Å². The lowest BCUT2D eigenvalue weighted by atomic mass is 9.87. The van der Waals surface area contributed by atoms with Crippen LogP contribution in [0.15, 0.2) is 47.0 Å². The number of hydrogen-bond acceptors (Lipinski definition) is 5. The summed E-state index contributed by atoms with van der Waals surface area (Å²) in [4.78, 5) is 17.0. The fourth-order valence-corrected chi connectivity index (χ4v) is 3.97. The van der Waals surface area contributed by atoms with Crippen LogP contribution in [0, 0.1) is 0 Å². The number of nitrogens with one attached hydrogen (secondary N) is 1. The van der Waals surface area contributed by atoms with Crippen molar-refractivity contribution in [2.75, 3.05) is 0 Å². The molecule has 0 fully saturated rings. The van der Waals surface area contributed by atoms with Gasteiger partial charge in [-0.2, -0.15) is 4.98 Å². The molecular weight excluding hydrogens is 402 g/mol. The zero-order valence-electron chi connectivity index (χ0n) is 19.3. The van der Waals surface area contributed by atoms with Crippen molar-refractivity contribution in [1.82, 2.24) is 15.5 Å². The first-order valence-electron chi connectivity index (χ1n) is 11.3. The quantitative estimate of drug-likeness (QED) is 0.592. The van der Waals surface area contributed by atoms with E-state index in [9.17, 15) is 4.79 Å². The molecule has 0 saturated carbocycles. The fourth-order valence-electron chi connectivity index (χ4n) is 3.97. The first-order valence-corrected chi connectivity index (χ1v) is 11.3. The smallest absolute Gasteiger partial charge is 0.261 e. The number of aryl methyl sites for hydroxylation is 1. The van der Waals surface area contributed by atoms with Gasteiger partial charge in [0.15, 0.2) is 6.10 Å². The van der Waals surface area contributed by atoms with E-state index in [2.05, 4.69) is 54.4 Å². The molecule has 0 saturated heterocycles. The average Bonchev–Trinajstić information content (AvgIpc) is 3.26. The molecule has 0 aliphatic heterocycles. The first-order chi connectivity index (χ1) is 15.3. The molecule has 2 aromatic carbocycles. The van der Waals surface area contributed by atoms with Gasteiger partial charge in [-0.25, -0.2) is 0 Å². The second-order valence-electron chi connectivity index (χ2n) is 9.42. The van der Waals surface area contributed by atoms with Crippen LogP contribution in [0.4, 0.5) is 0 Å². The Bertz CT molecular complexity index is 1080. The van der Waals surface area contributed by atoms with Crippen molar-refractivity contribution in [1.29, 1.82) is 0 Å². The zero-order chi connectivity index (χ0) is 22.7. The third-order valence-electron chi connectivity index (χ3n) is 5.92. The maximum Gasteiger partial charge on any atom is 0.261 e. The highest BCUT2D eigenvalue weighted by Crippen LogP contribution is 2.30. The number of fused-ring (bicyclic) bond motifs is 1. The van der Waals surface area contributed by atoms with Gasteiger partial charge in [0, 0.05) is 5.56 Å². The lowest BCUT2D eigenvalue weighted by Gasteiger charge is -2.21. The minimum atomic E-state index is -0.615. The van der Waals surface area contributed by atoms with Gasteiger partial charge in [-0.1, -0.05) is 62.3 Å². The van der Waals surface area contributed by atoms with Crippen LogP contribution in [0.2, 0.25) is 0 Å². The molecule has 1 aliphatic carbocycles. The van der Waals surface area contributed by atoms with E-state index in [-0.39, 0.29) is 17.9 Å². The Kier molecular flexibility index (Phi) is 6.31. The van der Waals surface area contributed by atoms with Crippen LogP contribution in [-0.4, -0.2) is 22.2 Å². The van der Waals surface area contributed by atoms with Crippen LogP contribution < -0.4 is 10.1 Å². The number of nitrogens with zero attached hydrogens (tertiary/aromatic N) is 2. The second-order valence-corrected chi connectivity index (χ2v) is 9.42. The maximum atomic E-state index is 12.6. The molecule has 0 spiro atoms. The van der Waals surface area contributed by atoms with E-state index < -0.39 is 6.10 Å². The summed E-state index contributed by atoms with van der Waals surface area (Å²) in [5.41, 5.74) is 4.77. The summed E-state index contributed by atoms with van der Waals surface area (Å²) in [5, 5.41) is 6.88. The van der Waals surface area contributed by atoms with E-state index in [4.69, 9.17) is 9.26 Å². The average molecular weight is 434 g/mol. The Hall–Kier alpha value is -3.15.